The van der Waals surface area contributed by atoms with E-state index in [-0.39, 0.29) is 23.2 Å². The van der Waals surface area contributed by atoms with E-state index in [9.17, 15) is 0 Å². The maximum atomic E-state index is 5.62. The van der Waals surface area contributed by atoms with Crippen LogP contribution in [0.4, 0.5) is 0 Å². The van der Waals surface area contributed by atoms with Gasteiger partial charge < -0.3 is 3.79 Å². The molecule has 3 heteroatoms. The largest absolute Gasteiger partial charge is 0.499 e. The fourth-order valence-electron chi connectivity index (χ4n) is 2.51. The molecule has 0 bridgehead atoms. The number of hydrogen-bond acceptors (Lipinski definition) is 1. The van der Waals surface area contributed by atoms with Crippen molar-refractivity contribution in [3.05, 3.63) is 43.0 Å². The molecule has 1 heterocycles. The fraction of sp³-hybridized carbons (Fsp3) is 0.500. The average molecular weight is 350 g/mol. The van der Waals surface area contributed by atoms with Gasteiger partial charge in [0.25, 0.3) is 0 Å². The summed E-state index contributed by atoms with van der Waals surface area (Å²) in [6, 6.07) is 0. The van der Waals surface area contributed by atoms with Crippen molar-refractivity contribution in [1.29, 1.82) is 0 Å². The van der Waals surface area contributed by atoms with Gasteiger partial charge in [-0.15, -0.1) is 0 Å². The maximum absolute atomic E-state index is 5.62. The predicted octanol–water partition coefficient (Wildman–Crippen LogP) is 4.56. The molecule has 1 aliphatic heterocycles. The predicted molar refractivity (Wildman–Crippen MR) is 79.9 cm³/mol. The van der Waals surface area contributed by atoms with Crippen LogP contribution in [0.2, 0.25) is 11.1 Å². The summed E-state index contributed by atoms with van der Waals surface area (Å²) in [5.41, 5.74) is 0. The van der Waals surface area contributed by atoms with Crippen LogP contribution >= 0.6 is 0 Å². The molecule has 0 aromatic carbocycles. The Morgan fingerprint density at radius 1 is 1.16 bits per heavy atom. The third-order valence-corrected chi connectivity index (χ3v) is 9.10. The molecule has 1 fully saturated rings. The van der Waals surface area contributed by atoms with Crippen LogP contribution in [0.15, 0.2) is 43.0 Å². The van der Waals surface area contributed by atoms with E-state index in [0.29, 0.717) is 6.10 Å². The van der Waals surface area contributed by atoms with Gasteiger partial charge in [-0.25, -0.2) is 0 Å². The van der Waals surface area contributed by atoms with Gasteiger partial charge in [-0.05, 0) is 13.3 Å². The van der Waals surface area contributed by atoms with Crippen molar-refractivity contribution in [2.45, 2.75) is 49.8 Å². The maximum Gasteiger partial charge on any atom is 0.457 e. The minimum atomic E-state index is -0.652. The summed E-state index contributed by atoms with van der Waals surface area (Å²) in [7, 11) is 0. The van der Waals surface area contributed by atoms with E-state index in [2.05, 4.69) is 49.2 Å². The molecule has 0 radical (unpaired) electrons. The van der Waals surface area contributed by atoms with Crippen LogP contribution in [-0.2, 0) is 27.0 Å². The number of allylic oxidation sites excluding steroid dienone is 8. The van der Waals surface area contributed by atoms with Crippen molar-refractivity contribution in [1.82, 2.24) is 0 Å². The van der Waals surface area contributed by atoms with Crippen LogP contribution in [0.3, 0.4) is 0 Å². The van der Waals surface area contributed by atoms with Crippen LogP contribution in [0, 0.1) is 0 Å². The molecule has 0 aromatic rings. The van der Waals surface area contributed by atoms with E-state index in [1.165, 1.54) is 31.0 Å². The molecule has 0 N–H and O–H groups in total. The quantitative estimate of drug-likeness (QED) is 0.664. The molecule has 0 aromatic heterocycles. The van der Waals surface area contributed by atoms with Gasteiger partial charge in [0, 0.05) is 6.10 Å². The Morgan fingerprint density at radius 3 is 2.16 bits per heavy atom. The summed E-state index contributed by atoms with van der Waals surface area (Å²) >= 11 is -0.964. The summed E-state index contributed by atoms with van der Waals surface area (Å²) in [6.45, 7) is 2.18. The molecule has 1 nitrogen and oxygen atoms in total. The normalized spacial score (nSPS) is 24.7. The third-order valence-electron chi connectivity index (χ3n) is 3.55. The minimum Gasteiger partial charge on any atom is -0.499 e. The summed E-state index contributed by atoms with van der Waals surface area (Å²) in [4.78, 5) is 0. The summed E-state index contributed by atoms with van der Waals surface area (Å²) in [5, 5.41) is 1.39. The Labute approximate surface area is 133 Å². The van der Waals surface area contributed by atoms with E-state index < -0.39 is 14.5 Å². The molecule has 3 aliphatic rings. The first-order valence-electron chi connectivity index (χ1n) is 7.38. The third kappa shape index (κ3) is 6.09. The SMILES string of the molecule is C1=CC[C]([Zr][C]2=CC=CC2)=C1.CC1CC[CH2][Al]([CH3])[O]1. The van der Waals surface area contributed by atoms with Crippen molar-refractivity contribution < 1.29 is 27.0 Å². The minimum absolute atomic E-state index is 0.312. The van der Waals surface area contributed by atoms with E-state index in [1.54, 1.807) is 6.56 Å². The zero-order chi connectivity index (χ0) is 13.5. The Kier molecular flexibility index (Phi) is 7.10. The fourth-order valence-corrected chi connectivity index (χ4v) is 7.37. The molecular formula is C16H23AlOZr. The first kappa shape index (κ1) is 15.7. The Balaban J connectivity index is 0.000000148. The van der Waals surface area contributed by atoms with Gasteiger partial charge in [-0.2, -0.15) is 0 Å². The molecule has 19 heavy (non-hydrogen) atoms. The van der Waals surface area contributed by atoms with Gasteiger partial charge in [-0.3, -0.25) is 0 Å². The van der Waals surface area contributed by atoms with Crippen molar-refractivity contribution >= 4 is 14.5 Å². The topological polar surface area (TPSA) is 9.23 Å². The summed E-state index contributed by atoms with van der Waals surface area (Å²) < 4.78 is 9.08. The zero-order valence-corrected chi connectivity index (χ0v) is 15.7. The number of hydrogen-bond donors (Lipinski definition) is 0. The van der Waals surface area contributed by atoms with Gasteiger partial charge >= 0.3 is 93.6 Å². The Bertz CT molecular complexity index is 373. The van der Waals surface area contributed by atoms with Crippen molar-refractivity contribution in [3.63, 3.8) is 0 Å². The molecule has 2 aliphatic carbocycles. The standard InChI is InChI=1S/C5H10O.2C5H5.CH3.Al.Zr/c1-3-4-5(2)6;2*1-2-4-5-3-1;;;/h5H,1,3-4H2,2H3;2*1-3H,4H2;1H3;;/q-1;;;;+1;. The Morgan fingerprint density at radius 2 is 1.79 bits per heavy atom. The molecule has 1 unspecified atom stereocenters. The zero-order valence-electron chi connectivity index (χ0n) is 12.1. The second-order valence-corrected chi connectivity index (χ2v) is 11.7. The summed E-state index contributed by atoms with van der Waals surface area (Å²) in [6.07, 6.45) is 19.3. The molecule has 0 spiro atoms. The van der Waals surface area contributed by atoms with Crippen LogP contribution in [0.1, 0.15) is 32.6 Å². The van der Waals surface area contributed by atoms with Crippen LogP contribution in [-0.4, -0.2) is 20.6 Å². The average Bonchev–Trinajstić information content (AvgIpc) is 3.03. The molecule has 0 amide bonds. The second-order valence-electron chi connectivity index (χ2n) is 5.46. The summed E-state index contributed by atoms with van der Waals surface area (Å²) in [5.74, 6) is 2.29. The van der Waals surface area contributed by atoms with Gasteiger partial charge in [0.1, 0.15) is 0 Å². The smallest absolute Gasteiger partial charge is 0.457 e. The van der Waals surface area contributed by atoms with E-state index in [1.807, 2.05) is 0 Å². The molecule has 1 atom stereocenters. The van der Waals surface area contributed by atoms with E-state index in [4.69, 9.17) is 3.79 Å². The van der Waals surface area contributed by atoms with Gasteiger partial charge in [0.15, 0.2) is 0 Å². The van der Waals surface area contributed by atoms with Crippen molar-refractivity contribution in [2.24, 2.45) is 0 Å². The molecule has 3 rings (SSSR count). The number of rotatable bonds is 2. The van der Waals surface area contributed by atoms with Gasteiger partial charge in [0.05, 0.1) is 0 Å². The molecule has 0 saturated carbocycles. The molecular weight excluding hydrogens is 326 g/mol. The molecule has 100 valence electrons. The molecule has 1 saturated heterocycles. The Hall–Kier alpha value is 0.336. The van der Waals surface area contributed by atoms with Gasteiger partial charge in [-0.1, -0.05) is 17.5 Å². The van der Waals surface area contributed by atoms with E-state index in [0.717, 1.165) is 0 Å². The van der Waals surface area contributed by atoms with Crippen LogP contribution < -0.4 is 0 Å². The second kappa shape index (κ2) is 8.58. The van der Waals surface area contributed by atoms with Crippen molar-refractivity contribution in [3.8, 4) is 0 Å². The van der Waals surface area contributed by atoms with Gasteiger partial charge in [0.2, 0.25) is 0 Å². The van der Waals surface area contributed by atoms with Crippen LogP contribution in [0.25, 0.3) is 0 Å². The van der Waals surface area contributed by atoms with E-state index >= 15 is 0 Å². The van der Waals surface area contributed by atoms with Crippen molar-refractivity contribution in [2.75, 3.05) is 0 Å². The first-order valence-corrected chi connectivity index (χ1v) is 12.3. The first-order chi connectivity index (χ1) is 9.24. The van der Waals surface area contributed by atoms with Crippen LogP contribution in [0.5, 0.6) is 0 Å². The monoisotopic (exact) mass is 348 g/mol.